The summed E-state index contributed by atoms with van der Waals surface area (Å²) in [5, 5.41) is 5.40. The van der Waals surface area contributed by atoms with Crippen molar-refractivity contribution in [1.82, 2.24) is 14.8 Å². The van der Waals surface area contributed by atoms with Crippen LogP contribution in [0.25, 0.3) is 10.6 Å². The van der Waals surface area contributed by atoms with E-state index in [0.717, 1.165) is 42.4 Å². The number of hydrogen-bond acceptors (Lipinski definition) is 7. The molecule has 1 fully saturated rings. The summed E-state index contributed by atoms with van der Waals surface area (Å²) in [5.74, 6) is 0.330. The Kier molecular flexibility index (Phi) is 6.35. The number of methoxy groups -OCH3 is 1. The lowest BCUT2D eigenvalue weighted by Crippen LogP contribution is -2.47. The normalized spacial score (nSPS) is 14.4. The van der Waals surface area contributed by atoms with Gasteiger partial charge in [-0.15, -0.1) is 11.3 Å². The maximum Gasteiger partial charge on any atom is 0.275 e. The summed E-state index contributed by atoms with van der Waals surface area (Å²) < 4.78 is 5.53. The Morgan fingerprint density at radius 1 is 1.27 bits per heavy atom. The molecule has 1 aromatic carbocycles. The van der Waals surface area contributed by atoms with Crippen molar-refractivity contribution in [3.63, 3.8) is 0 Å². The fourth-order valence-corrected chi connectivity index (χ4v) is 4.09. The molecule has 10 heteroatoms. The Morgan fingerprint density at radius 3 is 2.80 bits per heavy atom. The number of hydrogen-bond donors (Lipinski definition) is 1. The molecule has 1 aliphatic rings. The third-order valence-electron chi connectivity index (χ3n) is 4.97. The van der Waals surface area contributed by atoms with Crippen molar-refractivity contribution in [2.75, 3.05) is 43.5 Å². The first-order valence-electron chi connectivity index (χ1n) is 9.57. The second-order valence-corrected chi connectivity index (χ2v) is 7.65. The van der Waals surface area contributed by atoms with Crippen LogP contribution in [0.4, 0.5) is 11.4 Å². The van der Waals surface area contributed by atoms with Crippen LogP contribution in [0.5, 0.6) is 5.75 Å². The number of ether oxygens (including phenoxy) is 1. The van der Waals surface area contributed by atoms with E-state index < -0.39 is 0 Å². The van der Waals surface area contributed by atoms with Crippen LogP contribution < -0.4 is 15.0 Å². The summed E-state index contributed by atoms with van der Waals surface area (Å²) in [6.07, 6.45) is 3.44. The zero-order valence-electron chi connectivity index (χ0n) is 16.6. The van der Waals surface area contributed by atoms with E-state index in [4.69, 9.17) is 12.5 Å². The summed E-state index contributed by atoms with van der Waals surface area (Å²) in [7, 11) is 8.83. The van der Waals surface area contributed by atoms with Gasteiger partial charge >= 0.3 is 0 Å². The average Bonchev–Trinajstić information content (AvgIpc) is 3.30. The third kappa shape index (κ3) is 4.49. The summed E-state index contributed by atoms with van der Waals surface area (Å²) in [4.78, 5) is 25.6. The molecule has 7 nitrogen and oxygen atoms in total. The molecule has 0 aliphatic carbocycles. The van der Waals surface area contributed by atoms with Gasteiger partial charge in [-0.3, -0.25) is 9.78 Å². The highest BCUT2D eigenvalue weighted by molar-refractivity contribution is 7.13. The number of aromatic nitrogens is 2. The minimum Gasteiger partial charge on any atom is -0.494 e. The molecule has 149 valence electrons. The standard InChI is InChI=1S/C20H20B2N5O2S/c1-29-18-11-15(26-7-9-27(22-21)10-8-26)4-5-16(18)24-19(28)17-13-30-20(25-17)14-3-2-6-23-12-14/h2-6,11-13H,7-10H2,1H3,(H,24,28). The van der Waals surface area contributed by atoms with Crippen LogP contribution in [0.15, 0.2) is 48.1 Å². The van der Waals surface area contributed by atoms with E-state index in [2.05, 4.69) is 25.0 Å². The first-order valence-corrected chi connectivity index (χ1v) is 10.5. The van der Waals surface area contributed by atoms with Gasteiger partial charge in [0.25, 0.3) is 5.91 Å². The Bertz CT molecular complexity index is 1010. The molecule has 4 rings (SSSR count). The number of piperazine rings is 1. The first-order chi connectivity index (χ1) is 14.7. The number of pyridine rings is 1. The fraction of sp³-hybridized carbons (Fsp3) is 0.250. The second-order valence-electron chi connectivity index (χ2n) is 6.79. The van der Waals surface area contributed by atoms with Gasteiger partial charge in [0.15, 0.2) is 0 Å². The first kappa shape index (κ1) is 20.4. The lowest BCUT2D eigenvalue weighted by Gasteiger charge is -2.36. The molecule has 3 radical (unpaired) electrons. The second kappa shape index (κ2) is 9.32. The van der Waals surface area contributed by atoms with Crippen LogP contribution in [0, 0.1) is 0 Å². The predicted molar refractivity (Wildman–Crippen MR) is 122 cm³/mol. The highest BCUT2D eigenvalue weighted by atomic mass is 32.1. The molecule has 1 aliphatic heterocycles. The van der Waals surface area contributed by atoms with E-state index in [0.29, 0.717) is 17.1 Å². The van der Waals surface area contributed by atoms with Gasteiger partial charge in [0.2, 0.25) is 0 Å². The maximum atomic E-state index is 12.7. The topological polar surface area (TPSA) is 70.6 Å². The number of rotatable bonds is 6. The number of benzene rings is 1. The molecule has 30 heavy (non-hydrogen) atoms. The Morgan fingerprint density at radius 2 is 2.10 bits per heavy atom. The van der Waals surface area contributed by atoms with Gasteiger partial charge in [-0.05, 0) is 24.3 Å². The van der Waals surface area contributed by atoms with Crippen molar-refractivity contribution in [2.45, 2.75) is 0 Å². The predicted octanol–water partition coefficient (Wildman–Crippen LogP) is 2.29. The summed E-state index contributed by atoms with van der Waals surface area (Å²) >= 11 is 1.41. The molecule has 3 heterocycles. The smallest absolute Gasteiger partial charge is 0.275 e. The van der Waals surface area contributed by atoms with Crippen LogP contribution in [-0.4, -0.2) is 69.0 Å². The monoisotopic (exact) mass is 416 g/mol. The Labute approximate surface area is 181 Å². The summed E-state index contributed by atoms with van der Waals surface area (Å²) in [6, 6.07) is 9.56. The van der Waals surface area contributed by atoms with Gasteiger partial charge in [-0.25, -0.2) is 4.98 Å². The lowest BCUT2D eigenvalue weighted by molar-refractivity contribution is 0.102. The molecule has 3 aromatic rings. The molecule has 1 saturated heterocycles. The highest BCUT2D eigenvalue weighted by Crippen LogP contribution is 2.31. The molecule has 0 unspecified atom stereocenters. The van der Waals surface area contributed by atoms with Gasteiger partial charge in [-0.2, -0.15) is 0 Å². The molecule has 0 saturated carbocycles. The maximum absolute atomic E-state index is 12.7. The Balaban J connectivity index is 1.46. The Hall–Kier alpha value is -2.84. The summed E-state index contributed by atoms with van der Waals surface area (Å²) in [5.41, 5.74) is 2.90. The molecule has 0 bridgehead atoms. The minimum atomic E-state index is -0.278. The number of nitrogens with zero attached hydrogens (tertiary/aromatic N) is 4. The number of carbonyl (C=O) groups excluding carboxylic acids is 1. The zero-order chi connectivity index (χ0) is 20.9. The number of amides is 1. The van der Waals surface area contributed by atoms with Crippen LogP contribution in [0.1, 0.15) is 10.5 Å². The van der Waals surface area contributed by atoms with Gasteiger partial charge in [-0.1, -0.05) is 0 Å². The van der Waals surface area contributed by atoms with E-state index in [1.54, 1.807) is 32.2 Å². The average molecular weight is 416 g/mol. The largest absolute Gasteiger partial charge is 0.494 e. The zero-order valence-corrected chi connectivity index (χ0v) is 17.4. The van der Waals surface area contributed by atoms with Crippen LogP contribution in [-0.2, 0) is 0 Å². The number of nitrogens with one attached hydrogen (secondary N) is 1. The number of carbonyl (C=O) groups is 1. The van der Waals surface area contributed by atoms with Crippen LogP contribution in [0.3, 0.4) is 0 Å². The van der Waals surface area contributed by atoms with Crippen molar-refractivity contribution >= 4 is 43.7 Å². The van der Waals surface area contributed by atoms with Crippen molar-refractivity contribution in [2.24, 2.45) is 0 Å². The molecule has 0 spiro atoms. The molecular formula is C20H20B2N5O2S. The number of thiazole rings is 1. The number of anilines is 2. The fourth-order valence-electron chi connectivity index (χ4n) is 3.30. The molecule has 0 atom stereocenters. The van der Waals surface area contributed by atoms with Gasteiger partial charge < -0.3 is 19.8 Å². The highest BCUT2D eigenvalue weighted by Gasteiger charge is 2.18. The van der Waals surface area contributed by atoms with Crippen molar-refractivity contribution < 1.29 is 9.53 Å². The van der Waals surface area contributed by atoms with Crippen molar-refractivity contribution in [3.05, 3.63) is 53.8 Å². The molecule has 1 amide bonds. The van der Waals surface area contributed by atoms with Crippen LogP contribution >= 0.6 is 11.3 Å². The molecule has 1 N–H and O–H groups in total. The van der Waals surface area contributed by atoms with Gasteiger partial charge in [0.1, 0.15) is 23.8 Å². The third-order valence-corrected chi connectivity index (χ3v) is 5.86. The van der Waals surface area contributed by atoms with Gasteiger partial charge in [0, 0.05) is 69.0 Å². The SMILES string of the molecule is [B][B]N1CCN(c2ccc(NC(=O)c3csc(-c4cccnc4)n3)c(OC)c2)CC1. The van der Waals surface area contributed by atoms with E-state index in [1.807, 2.05) is 30.3 Å². The van der Waals surface area contributed by atoms with E-state index >= 15 is 0 Å². The summed E-state index contributed by atoms with van der Waals surface area (Å²) in [6.45, 7) is 3.50. The molecular weight excluding hydrogens is 396 g/mol. The van der Waals surface area contributed by atoms with Crippen molar-refractivity contribution in [3.8, 4) is 16.3 Å². The van der Waals surface area contributed by atoms with E-state index in [1.165, 1.54) is 11.3 Å². The quantitative estimate of drug-likeness (QED) is 0.623. The minimum absolute atomic E-state index is 0.278. The van der Waals surface area contributed by atoms with E-state index in [9.17, 15) is 4.79 Å². The van der Waals surface area contributed by atoms with Crippen LogP contribution in [0.2, 0.25) is 0 Å². The van der Waals surface area contributed by atoms with E-state index in [-0.39, 0.29) is 5.91 Å². The van der Waals surface area contributed by atoms with Crippen molar-refractivity contribution in [1.29, 1.82) is 0 Å². The van der Waals surface area contributed by atoms with Gasteiger partial charge in [0.05, 0.1) is 12.8 Å². The molecule has 2 aromatic heterocycles. The lowest BCUT2D eigenvalue weighted by atomic mass is 9.65.